The zero-order valence-electron chi connectivity index (χ0n) is 9.58. The van der Waals surface area contributed by atoms with Crippen molar-refractivity contribution in [1.82, 2.24) is 0 Å². The number of hydrogen-bond acceptors (Lipinski definition) is 2. The minimum Gasteiger partial charge on any atom is -0.496 e. The molecule has 0 amide bonds. The number of hydrogen-bond donors (Lipinski definition) is 1. The lowest BCUT2D eigenvalue weighted by molar-refractivity contribution is -0.141. The topological polar surface area (TPSA) is 46.5 Å². The standard InChI is InChI=1S/C12H15BrO3/c1-7-4-5-10(16-3)9(11(7)13)6-8(2)12(14)15/h4-5,8H,6H2,1-3H3,(H,14,15). The van der Waals surface area contributed by atoms with Gasteiger partial charge in [-0.05, 0) is 25.0 Å². The van der Waals surface area contributed by atoms with Crippen molar-refractivity contribution in [2.45, 2.75) is 20.3 Å². The summed E-state index contributed by atoms with van der Waals surface area (Å²) < 4.78 is 6.17. The van der Waals surface area contributed by atoms with E-state index in [1.165, 1.54) is 0 Å². The maximum Gasteiger partial charge on any atom is 0.306 e. The summed E-state index contributed by atoms with van der Waals surface area (Å²) >= 11 is 3.48. The van der Waals surface area contributed by atoms with Gasteiger partial charge in [0.25, 0.3) is 0 Å². The van der Waals surface area contributed by atoms with Crippen LogP contribution in [0.1, 0.15) is 18.1 Å². The molecule has 3 nitrogen and oxygen atoms in total. The fraction of sp³-hybridized carbons (Fsp3) is 0.417. The average molecular weight is 287 g/mol. The number of ether oxygens (including phenoxy) is 1. The molecule has 0 saturated carbocycles. The number of carboxylic acids is 1. The molecule has 1 unspecified atom stereocenters. The summed E-state index contributed by atoms with van der Waals surface area (Å²) in [6.45, 7) is 3.66. The van der Waals surface area contributed by atoms with Gasteiger partial charge in [0, 0.05) is 10.0 Å². The number of carboxylic acid groups (broad SMARTS) is 1. The van der Waals surface area contributed by atoms with E-state index in [1.807, 2.05) is 19.1 Å². The van der Waals surface area contributed by atoms with E-state index in [2.05, 4.69) is 15.9 Å². The number of carbonyl (C=O) groups is 1. The van der Waals surface area contributed by atoms with Crippen LogP contribution in [0.3, 0.4) is 0 Å². The number of halogens is 1. The lowest BCUT2D eigenvalue weighted by Gasteiger charge is -2.14. The smallest absolute Gasteiger partial charge is 0.306 e. The van der Waals surface area contributed by atoms with Gasteiger partial charge >= 0.3 is 5.97 Å². The monoisotopic (exact) mass is 286 g/mol. The molecule has 0 saturated heterocycles. The van der Waals surface area contributed by atoms with Gasteiger partial charge in [0.05, 0.1) is 13.0 Å². The van der Waals surface area contributed by atoms with E-state index in [0.29, 0.717) is 6.42 Å². The Balaban J connectivity index is 3.10. The van der Waals surface area contributed by atoms with Crippen LogP contribution in [0.4, 0.5) is 0 Å². The minimum absolute atomic E-state index is 0.424. The first kappa shape index (κ1) is 13.0. The molecule has 0 bridgehead atoms. The van der Waals surface area contributed by atoms with E-state index in [4.69, 9.17) is 9.84 Å². The maximum absolute atomic E-state index is 10.8. The molecule has 1 aromatic carbocycles. The Morgan fingerprint density at radius 2 is 2.19 bits per heavy atom. The first-order valence-electron chi connectivity index (χ1n) is 5.02. The molecule has 0 heterocycles. The molecule has 16 heavy (non-hydrogen) atoms. The van der Waals surface area contributed by atoms with Gasteiger partial charge in [0.1, 0.15) is 5.75 Å². The lowest BCUT2D eigenvalue weighted by atomic mass is 9.99. The van der Waals surface area contributed by atoms with Crippen LogP contribution >= 0.6 is 15.9 Å². The van der Waals surface area contributed by atoms with Gasteiger partial charge in [-0.15, -0.1) is 0 Å². The van der Waals surface area contributed by atoms with Gasteiger partial charge in [-0.1, -0.05) is 28.9 Å². The first-order valence-corrected chi connectivity index (χ1v) is 5.81. The molecule has 0 aliphatic heterocycles. The van der Waals surface area contributed by atoms with Crippen molar-refractivity contribution >= 4 is 21.9 Å². The highest BCUT2D eigenvalue weighted by Crippen LogP contribution is 2.31. The van der Waals surface area contributed by atoms with E-state index in [-0.39, 0.29) is 0 Å². The second-order valence-electron chi connectivity index (χ2n) is 3.82. The van der Waals surface area contributed by atoms with Crippen molar-refractivity contribution in [1.29, 1.82) is 0 Å². The van der Waals surface area contributed by atoms with E-state index in [0.717, 1.165) is 21.3 Å². The van der Waals surface area contributed by atoms with Crippen molar-refractivity contribution in [3.8, 4) is 5.75 Å². The van der Waals surface area contributed by atoms with Crippen molar-refractivity contribution in [3.63, 3.8) is 0 Å². The highest BCUT2D eigenvalue weighted by Gasteiger charge is 2.17. The predicted molar refractivity (Wildman–Crippen MR) is 65.9 cm³/mol. The van der Waals surface area contributed by atoms with Crippen LogP contribution < -0.4 is 4.74 Å². The fourth-order valence-electron chi connectivity index (χ4n) is 1.50. The highest BCUT2D eigenvalue weighted by atomic mass is 79.9. The first-order chi connectivity index (χ1) is 7.47. The highest BCUT2D eigenvalue weighted by molar-refractivity contribution is 9.10. The quantitative estimate of drug-likeness (QED) is 0.926. The fourth-order valence-corrected chi connectivity index (χ4v) is 1.98. The van der Waals surface area contributed by atoms with E-state index < -0.39 is 11.9 Å². The summed E-state index contributed by atoms with van der Waals surface area (Å²) in [5, 5.41) is 8.91. The van der Waals surface area contributed by atoms with E-state index >= 15 is 0 Å². The van der Waals surface area contributed by atoms with Crippen LogP contribution in [0.25, 0.3) is 0 Å². The van der Waals surface area contributed by atoms with Gasteiger partial charge < -0.3 is 9.84 Å². The van der Waals surface area contributed by atoms with Crippen LogP contribution in [0.5, 0.6) is 5.75 Å². The molecule has 1 rings (SSSR count). The number of methoxy groups -OCH3 is 1. The SMILES string of the molecule is COc1ccc(C)c(Br)c1CC(C)C(=O)O. The summed E-state index contributed by atoms with van der Waals surface area (Å²) in [5.74, 6) is -0.493. The Labute approximate surface area is 104 Å². The molecule has 1 aromatic rings. The summed E-state index contributed by atoms with van der Waals surface area (Å²) in [6.07, 6.45) is 0.459. The lowest BCUT2D eigenvalue weighted by Crippen LogP contribution is -2.13. The largest absolute Gasteiger partial charge is 0.496 e. The third kappa shape index (κ3) is 2.76. The molecule has 1 atom stereocenters. The molecular formula is C12H15BrO3. The summed E-state index contributed by atoms with van der Waals surface area (Å²) in [6, 6.07) is 3.81. The van der Waals surface area contributed by atoms with Gasteiger partial charge in [-0.2, -0.15) is 0 Å². The maximum atomic E-state index is 10.8. The summed E-state index contributed by atoms with van der Waals surface area (Å²) in [4.78, 5) is 10.8. The van der Waals surface area contributed by atoms with Gasteiger partial charge in [0.2, 0.25) is 0 Å². The Bertz CT molecular complexity index is 401. The van der Waals surface area contributed by atoms with Crippen molar-refractivity contribution < 1.29 is 14.6 Å². The molecular weight excluding hydrogens is 272 g/mol. The van der Waals surface area contributed by atoms with E-state index in [9.17, 15) is 4.79 Å². The van der Waals surface area contributed by atoms with Crippen molar-refractivity contribution in [2.24, 2.45) is 5.92 Å². The van der Waals surface area contributed by atoms with Crippen LogP contribution in [-0.2, 0) is 11.2 Å². The third-order valence-electron chi connectivity index (χ3n) is 2.55. The number of aryl methyl sites for hydroxylation is 1. The molecule has 0 aliphatic carbocycles. The van der Waals surface area contributed by atoms with Crippen molar-refractivity contribution in [2.75, 3.05) is 7.11 Å². The Kier molecular flexibility index (Phi) is 4.35. The van der Waals surface area contributed by atoms with Gasteiger partial charge in [0.15, 0.2) is 0 Å². The van der Waals surface area contributed by atoms with Gasteiger partial charge in [-0.3, -0.25) is 4.79 Å². The molecule has 0 aliphatic rings. The molecule has 0 spiro atoms. The third-order valence-corrected chi connectivity index (χ3v) is 3.65. The summed E-state index contributed by atoms with van der Waals surface area (Å²) in [7, 11) is 1.59. The van der Waals surface area contributed by atoms with E-state index in [1.54, 1.807) is 14.0 Å². The molecule has 88 valence electrons. The van der Waals surface area contributed by atoms with Crippen LogP contribution in [-0.4, -0.2) is 18.2 Å². The van der Waals surface area contributed by atoms with Crippen LogP contribution in [0.15, 0.2) is 16.6 Å². The minimum atomic E-state index is -0.796. The summed E-state index contributed by atoms with van der Waals surface area (Å²) in [5.41, 5.74) is 1.99. The normalized spacial score (nSPS) is 12.2. The number of aliphatic carboxylic acids is 1. The Morgan fingerprint density at radius 3 is 2.69 bits per heavy atom. The predicted octanol–water partition coefficient (Wildman–Crippen LogP) is 3.03. The Hall–Kier alpha value is -1.03. The van der Waals surface area contributed by atoms with Crippen LogP contribution in [0, 0.1) is 12.8 Å². The van der Waals surface area contributed by atoms with Crippen LogP contribution in [0.2, 0.25) is 0 Å². The molecule has 0 aromatic heterocycles. The molecule has 0 radical (unpaired) electrons. The zero-order chi connectivity index (χ0) is 12.3. The molecule has 1 N–H and O–H groups in total. The average Bonchev–Trinajstić information content (AvgIpc) is 2.25. The number of rotatable bonds is 4. The number of benzene rings is 1. The molecule has 0 fully saturated rings. The molecule has 4 heteroatoms. The van der Waals surface area contributed by atoms with Gasteiger partial charge in [-0.25, -0.2) is 0 Å². The second-order valence-corrected chi connectivity index (χ2v) is 4.61. The second kappa shape index (κ2) is 5.34. The Morgan fingerprint density at radius 1 is 1.56 bits per heavy atom. The van der Waals surface area contributed by atoms with Crippen molar-refractivity contribution in [3.05, 3.63) is 27.7 Å². The zero-order valence-corrected chi connectivity index (χ0v) is 11.2.